The van der Waals surface area contributed by atoms with Crippen LogP contribution in [0.25, 0.3) is 0 Å². The predicted molar refractivity (Wildman–Crippen MR) is 107 cm³/mol. The third-order valence-corrected chi connectivity index (χ3v) is 7.01. The zero-order valence-corrected chi connectivity index (χ0v) is 17.0. The van der Waals surface area contributed by atoms with Crippen LogP contribution in [0.5, 0.6) is 0 Å². The van der Waals surface area contributed by atoms with Gasteiger partial charge >= 0.3 is 0 Å². The van der Waals surface area contributed by atoms with Gasteiger partial charge in [0, 0.05) is 45.2 Å². The summed E-state index contributed by atoms with van der Waals surface area (Å²) in [6, 6.07) is 10.7. The van der Waals surface area contributed by atoms with Gasteiger partial charge in [0.15, 0.2) is 0 Å². The van der Waals surface area contributed by atoms with Crippen molar-refractivity contribution in [1.82, 2.24) is 14.5 Å². The fourth-order valence-corrected chi connectivity index (χ4v) is 4.97. The molecule has 0 bridgehead atoms. The van der Waals surface area contributed by atoms with E-state index in [2.05, 4.69) is 34.5 Å². The second-order valence-corrected chi connectivity index (χ2v) is 9.90. The normalized spacial score (nSPS) is 22.8. The lowest BCUT2D eigenvalue weighted by Gasteiger charge is -2.30. The average molecular weight is 394 g/mol. The summed E-state index contributed by atoms with van der Waals surface area (Å²) in [6.07, 6.45) is 5.38. The second-order valence-electron chi connectivity index (χ2n) is 7.92. The van der Waals surface area contributed by atoms with Crippen molar-refractivity contribution < 1.29 is 13.2 Å². The van der Waals surface area contributed by atoms with Gasteiger partial charge in [-0.3, -0.25) is 9.69 Å². The second kappa shape index (κ2) is 9.17. The topological polar surface area (TPSA) is 69.7 Å². The van der Waals surface area contributed by atoms with Crippen molar-refractivity contribution in [3.63, 3.8) is 0 Å². The Kier molecular flexibility index (Phi) is 6.89. The van der Waals surface area contributed by atoms with Crippen molar-refractivity contribution in [3.05, 3.63) is 35.9 Å². The van der Waals surface area contributed by atoms with E-state index in [-0.39, 0.29) is 11.9 Å². The van der Waals surface area contributed by atoms with Crippen LogP contribution in [-0.4, -0.2) is 62.0 Å². The van der Waals surface area contributed by atoms with Gasteiger partial charge in [0.1, 0.15) is 0 Å². The maximum atomic E-state index is 12.3. The van der Waals surface area contributed by atoms with Crippen molar-refractivity contribution in [2.45, 2.75) is 44.7 Å². The minimum atomic E-state index is -3.07. The summed E-state index contributed by atoms with van der Waals surface area (Å²) in [4.78, 5) is 14.7. The molecule has 2 saturated heterocycles. The number of amides is 1. The molecule has 0 spiro atoms. The van der Waals surface area contributed by atoms with Gasteiger partial charge in [0.25, 0.3) is 0 Å². The van der Waals surface area contributed by atoms with E-state index in [1.807, 2.05) is 6.07 Å². The van der Waals surface area contributed by atoms with Crippen molar-refractivity contribution in [2.75, 3.05) is 32.4 Å². The Balaban J connectivity index is 1.33. The summed E-state index contributed by atoms with van der Waals surface area (Å²) in [5, 5.41) is 3.18. The molecule has 1 atom stereocenters. The largest absolute Gasteiger partial charge is 0.352 e. The van der Waals surface area contributed by atoms with Crippen LogP contribution in [0.4, 0.5) is 0 Å². The minimum absolute atomic E-state index is 0.132. The average Bonchev–Trinajstić information content (AvgIpc) is 3.07. The lowest BCUT2D eigenvalue weighted by molar-refractivity contribution is -0.122. The van der Waals surface area contributed by atoms with Crippen LogP contribution in [0, 0.1) is 5.92 Å². The summed E-state index contributed by atoms with van der Waals surface area (Å²) in [6.45, 7) is 4.04. The number of carbonyl (C=O) groups excluding carboxylic acids is 1. The molecule has 0 saturated carbocycles. The first-order chi connectivity index (χ1) is 12.9. The van der Waals surface area contributed by atoms with Crippen molar-refractivity contribution >= 4 is 15.9 Å². The maximum Gasteiger partial charge on any atom is 0.220 e. The maximum absolute atomic E-state index is 12.3. The molecule has 0 aromatic heterocycles. The Morgan fingerprint density at radius 1 is 1.11 bits per heavy atom. The number of hydrogen-bond donors (Lipinski definition) is 1. The first kappa shape index (κ1) is 20.3. The van der Waals surface area contributed by atoms with E-state index in [1.54, 1.807) is 4.31 Å². The zero-order chi connectivity index (χ0) is 19.3. The number of hydrogen-bond acceptors (Lipinski definition) is 4. The van der Waals surface area contributed by atoms with Gasteiger partial charge in [-0.2, -0.15) is 0 Å². The van der Waals surface area contributed by atoms with Crippen LogP contribution in [0.3, 0.4) is 0 Å². The van der Waals surface area contributed by atoms with Gasteiger partial charge in [-0.05, 0) is 37.2 Å². The molecule has 2 aliphatic rings. The Bertz CT molecular complexity index is 715. The van der Waals surface area contributed by atoms with Crippen molar-refractivity contribution in [2.24, 2.45) is 5.92 Å². The molecule has 27 heavy (non-hydrogen) atoms. The molecular formula is C20H31N3O3S. The first-order valence-electron chi connectivity index (χ1n) is 9.91. The molecular weight excluding hydrogens is 362 g/mol. The van der Waals surface area contributed by atoms with Crippen LogP contribution >= 0.6 is 0 Å². The summed E-state index contributed by atoms with van der Waals surface area (Å²) in [5.41, 5.74) is 1.31. The highest BCUT2D eigenvalue weighted by Crippen LogP contribution is 2.23. The lowest BCUT2D eigenvalue weighted by Crippen LogP contribution is -2.39. The van der Waals surface area contributed by atoms with Gasteiger partial charge < -0.3 is 5.32 Å². The molecule has 1 N–H and O–H groups in total. The molecule has 1 aromatic carbocycles. The minimum Gasteiger partial charge on any atom is -0.352 e. The zero-order valence-electron chi connectivity index (χ0n) is 16.1. The standard InChI is InChI=1S/C20H31N3O3S/c1-27(25,26)23-13-9-17(10-14-23)7-8-20(24)21-19-11-12-22(16-19)15-18-5-3-2-4-6-18/h2-6,17,19H,7-16H2,1H3,(H,21,24). The van der Waals surface area contributed by atoms with Crippen LogP contribution in [0.15, 0.2) is 30.3 Å². The highest BCUT2D eigenvalue weighted by atomic mass is 32.2. The van der Waals surface area contributed by atoms with Crippen molar-refractivity contribution in [1.29, 1.82) is 0 Å². The third-order valence-electron chi connectivity index (χ3n) is 5.71. The number of likely N-dealkylation sites (tertiary alicyclic amines) is 1. The smallest absolute Gasteiger partial charge is 0.220 e. The SMILES string of the molecule is CS(=O)(=O)N1CCC(CCC(=O)NC2CCN(Cc3ccccc3)C2)CC1. The number of rotatable bonds is 7. The first-order valence-corrected chi connectivity index (χ1v) is 11.8. The molecule has 150 valence electrons. The van der Waals surface area contributed by atoms with E-state index in [0.29, 0.717) is 25.4 Å². The monoisotopic (exact) mass is 393 g/mol. The summed E-state index contributed by atoms with van der Waals surface area (Å²) >= 11 is 0. The highest BCUT2D eigenvalue weighted by molar-refractivity contribution is 7.88. The number of carbonyl (C=O) groups is 1. The molecule has 6 nitrogen and oxygen atoms in total. The van der Waals surface area contributed by atoms with E-state index in [0.717, 1.165) is 45.3 Å². The summed E-state index contributed by atoms with van der Waals surface area (Å²) in [5.74, 6) is 0.582. The van der Waals surface area contributed by atoms with Crippen molar-refractivity contribution in [3.8, 4) is 0 Å². The fraction of sp³-hybridized carbons (Fsp3) is 0.650. The van der Waals surface area contributed by atoms with Gasteiger partial charge in [-0.25, -0.2) is 12.7 Å². The van der Waals surface area contributed by atoms with Gasteiger partial charge in [0.2, 0.25) is 15.9 Å². The molecule has 2 aliphatic heterocycles. The van der Waals surface area contributed by atoms with Crippen LogP contribution < -0.4 is 5.32 Å². The molecule has 1 amide bonds. The Morgan fingerprint density at radius 3 is 2.48 bits per heavy atom. The Labute approximate surface area is 163 Å². The molecule has 7 heteroatoms. The van der Waals surface area contributed by atoms with E-state index < -0.39 is 10.0 Å². The number of sulfonamides is 1. The predicted octanol–water partition coefficient (Wildman–Crippen LogP) is 1.83. The van der Waals surface area contributed by atoms with E-state index in [9.17, 15) is 13.2 Å². The molecule has 1 unspecified atom stereocenters. The molecule has 2 heterocycles. The molecule has 0 radical (unpaired) electrons. The van der Waals surface area contributed by atoms with Gasteiger partial charge in [-0.15, -0.1) is 0 Å². The molecule has 0 aliphatic carbocycles. The Morgan fingerprint density at radius 2 is 1.81 bits per heavy atom. The van der Waals surface area contributed by atoms with E-state index >= 15 is 0 Å². The summed E-state index contributed by atoms with van der Waals surface area (Å²) in [7, 11) is -3.07. The molecule has 3 rings (SSSR count). The van der Waals surface area contributed by atoms with Crippen LogP contribution in [0.2, 0.25) is 0 Å². The van der Waals surface area contributed by atoms with Crippen LogP contribution in [-0.2, 0) is 21.4 Å². The fourth-order valence-electron chi connectivity index (χ4n) is 4.10. The number of piperidine rings is 1. The quantitative estimate of drug-likeness (QED) is 0.767. The number of benzene rings is 1. The number of nitrogens with one attached hydrogen (secondary N) is 1. The molecule has 1 aromatic rings. The van der Waals surface area contributed by atoms with E-state index in [4.69, 9.17) is 0 Å². The van der Waals surface area contributed by atoms with Gasteiger partial charge in [0.05, 0.1) is 6.26 Å². The van der Waals surface area contributed by atoms with E-state index in [1.165, 1.54) is 11.8 Å². The summed E-state index contributed by atoms with van der Waals surface area (Å²) < 4.78 is 24.6. The third kappa shape index (κ3) is 6.30. The van der Waals surface area contributed by atoms with Gasteiger partial charge in [-0.1, -0.05) is 30.3 Å². The highest BCUT2D eigenvalue weighted by Gasteiger charge is 2.26. The Hall–Kier alpha value is -1.44. The molecule has 2 fully saturated rings. The number of nitrogens with zero attached hydrogens (tertiary/aromatic N) is 2. The lowest BCUT2D eigenvalue weighted by atomic mass is 9.93. The van der Waals surface area contributed by atoms with Crippen LogP contribution in [0.1, 0.15) is 37.7 Å².